The molecule has 1 aromatic rings. The number of carboxylic acids is 1. The molecule has 2 unspecified atom stereocenters. The Morgan fingerprint density at radius 2 is 2.14 bits per heavy atom. The largest absolute Gasteiger partial charge is 0.486 e. The fourth-order valence-electron chi connectivity index (χ4n) is 2.35. The molecule has 0 saturated heterocycles. The van der Waals surface area contributed by atoms with Gasteiger partial charge in [-0.05, 0) is 12.1 Å². The first-order valence-corrected chi connectivity index (χ1v) is 9.23. The van der Waals surface area contributed by atoms with Crippen molar-refractivity contribution in [3.63, 3.8) is 0 Å². The summed E-state index contributed by atoms with van der Waals surface area (Å²) >= 11 is 5.96. The molecule has 0 bridgehead atoms. The summed E-state index contributed by atoms with van der Waals surface area (Å²) in [5.41, 5.74) is 0. The highest BCUT2D eigenvalue weighted by Gasteiger charge is 2.22. The van der Waals surface area contributed by atoms with Gasteiger partial charge in [0, 0.05) is 35.8 Å². The normalized spacial score (nSPS) is 16.9. The van der Waals surface area contributed by atoms with Crippen molar-refractivity contribution in [1.82, 2.24) is 5.32 Å². The number of ether oxygens (including phenoxy) is 4. The number of hydrogen-bond donors (Lipinski definition) is 2. The van der Waals surface area contributed by atoms with Gasteiger partial charge in [0.25, 0.3) is 0 Å². The molecule has 1 heterocycles. The van der Waals surface area contributed by atoms with Gasteiger partial charge in [0.15, 0.2) is 17.6 Å². The van der Waals surface area contributed by atoms with E-state index in [4.69, 9.17) is 35.7 Å². The Balaban J connectivity index is 1.83. The number of carbonyl (C=O) groups excluding carboxylic acids is 1. The number of aliphatic carboxylic acids is 1. The van der Waals surface area contributed by atoms with E-state index in [1.54, 1.807) is 18.2 Å². The van der Waals surface area contributed by atoms with E-state index in [1.807, 2.05) is 13.8 Å². The highest BCUT2D eigenvalue weighted by Crippen LogP contribution is 2.34. The van der Waals surface area contributed by atoms with E-state index in [0.717, 1.165) is 12.2 Å². The number of carbonyl (C=O) groups is 2. The molecule has 9 heteroatoms. The number of halogens is 1. The van der Waals surface area contributed by atoms with Crippen LogP contribution in [0.2, 0.25) is 5.02 Å². The van der Waals surface area contributed by atoms with Crippen LogP contribution in [0.15, 0.2) is 30.4 Å². The highest BCUT2D eigenvalue weighted by atomic mass is 35.5. The van der Waals surface area contributed by atoms with Gasteiger partial charge < -0.3 is 29.4 Å². The summed E-state index contributed by atoms with van der Waals surface area (Å²) in [6.45, 7) is 4.95. The predicted molar refractivity (Wildman–Crippen MR) is 102 cm³/mol. The third-order valence-electron chi connectivity index (χ3n) is 3.63. The van der Waals surface area contributed by atoms with Crippen LogP contribution in [0, 0.1) is 0 Å². The molecule has 28 heavy (non-hydrogen) atoms. The second-order valence-electron chi connectivity index (χ2n) is 6.47. The molecule has 0 saturated carbocycles. The lowest BCUT2D eigenvalue weighted by molar-refractivity contribution is -0.147. The summed E-state index contributed by atoms with van der Waals surface area (Å²) < 4.78 is 22.3. The van der Waals surface area contributed by atoms with E-state index in [0.29, 0.717) is 29.7 Å². The fourth-order valence-corrected chi connectivity index (χ4v) is 2.51. The molecule has 1 aromatic carbocycles. The van der Waals surface area contributed by atoms with E-state index in [-0.39, 0.29) is 25.4 Å². The topological polar surface area (TPSA) is 103 Å². The third-order valence-corrected chi connectivity index (χ3v) is 3.87. The second kappa shape index (κ2) is 10.9. The fraction of sp³-hybridized carbons (Fsp3) is 0.474. The number of fused-ring (bicyclic) bond motifs is 1. The maximum absolute atomic E-state index is 11.7. The average molecular weight is 414 g/mol. The van der Waals surface area contributed by atoms with Crippen molar-refractivity contribution in [1.29, 1.82) is 0 Å². The van der Waals surface area contributed by atoms with Crippen LogP contribution in [0.3, 0.4) is 0 Å². The number of benzene rings is 1. The van der Waals surface area contributed by atoms with Crippen LogP contribution in [-0.2, 0) is 19.1 Å². The van der Waals surface area contributed by atoms with Gasteiger partial charge in [-0.1, -0.05) is 25.4 Å². The van der Waals surface area contributed by atoms with Crippen LogP contribution >= 0.6 is 11.6 Å². The van der Waals surface area contributed by atoms with Crippen molar-refractivity contribution in [2.24, 2.45) is 0 Å². The van der Waals surface area contributed by atoms with E-state index in [1.165, 1.54) is 0 Å². The molecule has 8 nitrogen and oxygen atoms in total. The zero-order valence-corrected chi connectivity index (χ0v) is 16.5. The van der Waals surface area contributed by atoms with Crippen LogP contribution in [0.4, 0.5) is 0 Å². The third kappa shape index (κ3) is 7.75. The Labute approximate surface area is 168 Å². The van der Waals surface area contributed by atoms with Gasteiger partial charge in [0.1, 0.15) is 12.7 Å². The molecule has 1 aliphatic rings. The zero-order valence-electron chi connectivity index (χ0n) is 15.7. The second-order valence-corrected chi connectivity index (χ2v) is 6.91. The summed E-state index contributed by atoms with van der Waals surface area (Å²) in [7, 11) is 0. The quantitative estimate of drug-likeness (QED) is 0.443. The Hall–Kier alpha value is -2.29. The van der Waals surface area contributed by atoms with Gasteiger partial charge in [0.05, 0.1) is 13.2 Å². The van der Waals surface area contributed by atoms with Gasteiger partial charge in [-0.3, -0.25) is 0 Å². The maximum atomic E-state index is 11.7. The van der Waals surface area contributed by atoms with Crippen LogP contribution in [0.1, 0.15) is 13.8 Å². The Morgan fingerprint density at radius 3 is 2.86 bits per heavy atom. The maximum Gasteiger partial charge on any atom is 0.331 e. The van der Waals surface area contributed by atoms with E-state index in [9.17, 15) is 9.59 Å². The molecule has 2 N–H and O–H groups in total. The average Bonchev–Trinajstić information content (AvgIpc) is 2.63. The van der Waals surface area contributed by atoms with E-state index in [2.05, 4.69) is 5.32 Å². The van der Waals surface area contributed by atoms with E-state index >= 15 is 0 Å². The first-order valence-electron chi connectivity index (χ1n) is 8.85. The minimum Gasteiger partial charge on any atom is -0.486 e. The van der Waals surface area contributed by atoms with Crippen molar-refractivity contribution in [3.05, 3.63) is 35.4 Å². The van der Waals surface area contributed by atoms with E-state index < -0.39 is 18.0 Å². The summed E-state index contributed by atoms with van der Waals surface area (Å²) in [6, 6.07) is 5.33. The van der Waals surface area contributed by atoms with Crippen LogP contribution in [0.5, 0.6) is 11.5 Å². The Morgan fingerprint density at radius 1 is 1.36 bits per heavy atom. The van der Waals surface area contributed by atoms with Crippen molar-refractivity contribution in [2.45, 2.75) is 32.1 Å². The minimum atomic E-state index is -1.22. The van der Waals surface area contributed by atoms with Crippen molar-refractivity contribution in [3.8, 4) is 11.5 Å². The molecular weight excluding hydrogens is 390 g/mol. The van der Waals surface area contributed by atoms with Crippen LogP contribution < -0.4 is 14.8 Å². The van der Waals surface area contributed by atoms with Gasteiger partial charge >= 0.3 is 11.9 Å². The van der Waals surface area contributed by atoms with Crippen molar-refractivity contribution >= 4 is 23.5 Å². The molecule has 2 atom stereocenters. The molecular formula is C19H24ClNO7. The number of rotatable bonds is 10. The standard InChI is InChI=1S/C19H24ClNO7/c1-12(2)21-8-14(28-19(24)6-5-18(22)23)9-25-10-15-11-26-16-4-3-13(20)7-17(16)27-15/h3-7,12,14-15,21H,8-11H2,1-2H3,(H,22,23). The molecule has 0 fully saturated rings. The highest BCUT2D eigenvalue weighted by molar-refractivity contribution is 6.30. The summed E-state index contributed by atoms with van der Waals surface area (Å²) in [4.78, 5) is 22.2. The molecule has 2 rings (SSSR count). The molecule has 0 aromatic heterocycles. The predicted octanol–water partition coefficient (Wildman–Crippen LogP) is 2.05. The monoisotopic (exact) mass is 413 g/mol. The van der Waals surface area contributed by atoms with Gasteiger partial charge in [-0.2, -0.15) is 0 Å². The molecule has 0 spiro atoms. The van der Waals surface area contributed by atoms with Crippen LogP contribution in [-0.4, -0.2) is 61.7 Å². The molecule has 1 aliphatic heterocycles. The number of hydrogen-bond acceptors (Lipinski definition) is 7. The number of nitrogens with one attached hydrogen (secondary N) is 1. The molecule has 0 amide bonds. The van der Waals surface area contributed by atoms with Gasteiger partial charge in [-0.15, -0.1) is 0 Å². The number of carboxylic acid groups (broad SMARTS) is 1. The summed E-state index contributed by atoms with van der Waals surface area (Å²) in [5, 5.41) is 12.3. The molecule has 0 radical (unpaired) electrons. The number of esters is 1. The SMILES string of the molecule is CC(C)NCC(COCC1COc2ccc(Cl)cc2O1)OC(=O)C=CC(=O)O. The van der Waals surface area contributed by atoms with Gasteiger partial charge in [0.2, 0.25) is 0 Å². The lowest BCUT2D eigenvalue weighted by Gasteiger charge is -2.27. The zero-order chi connectivity index (χ0) is 20.5. The lowest BCUT2D eigenvalue weighted by atomic mass is 10.2. The van der Waals surface area contributed by atoms with Crippen molar-refractivity contribution in [2.75, 3.05) is 26.4 Å². The minimum absolute atomic E-state index is 0.120. The molecule has 154 valence electrons. The first-order chi connectivity index (χ1) is 13.3. The lowest BCUT2D eigenvalue weighted by Crippen LogP contribution is -2.39. The summed E-state index contributed by atoms with van der Waals surface area (Å²) in [6.07, 6.45) is 0.682. The Bertz CT molecular complexity index is 708. The van der Waals surface area contributed by atoms with Crippen LogP contribution in [0.25, 0.3) is 0 Å². The van der Waals surface area contributed by atoms with Crippen molar-refractivity contribution < 1.29 is 33.6 Å². The van der Waals surface area contributed by atoms with Gasteiger partial charge in [-0.25, -0.2) is 9.59 Å². The summed E-state index contributed by atoms with van der Waals surface area (Å²) in [5.74, 6) is -0.795. The molecule has 0 aliphatic carbocycles. The Kier molecular flexibility index (Phi) is 8.56. The smallest absolute Gasteiger partial charge is 0.331 e. The first kappa shape index (κ1) is 22.0.